The lowest BCUT2D eigenvalue weighted by Crippen LogP contribution is -2.64. The number of carbonyl (C=O) groups is 1. The average molecular weight is 762 g/mol. The summed E-state index contributed by atoms with van der Waals surface area (Å²) in [6.45, 7) is 21.4. The largest absolute Gasteiger partial charge is 0.443 e. The van der Waals surface area contributed by atoms with Gasteiger partial charge in [0.25, 0.3) is 6.43 Å². The van der Waals surface area contributed by atoms with Crippen LogP contribution in [0.4, 0.5) is 13.6 Å². The maximum atomic E-state index is 13.0. The van der Waals surface area contributed by atoms with E-state index in [0.29, 0.717) is 55.5 Å². The maximum Gasteiger partial charge on any atom is 0.410 e. The number of amides is 1. The zero-order valence-electron chi connectivity index (χ0n) is 34.1. The van der Waals surface area contributed by atoms with Crippen LogP contribution >= 0.6 is 0 Å². The quantitative estimate of drug-likeness (QED) is 0.294. The number of alkyl halides is 2. The molecule has 1 amide bonds. The van der Waals surface area contributed by atoms with E-state index >= 15 is 0 Å². The number of aliphatic hydroxyl groups excluding tert-OH is 1. The summed E-state index contributed by atoms with van der Waals surface area (Å²) in [5.41, 5.74) is 0.273. The van der Waals surface area contributed by atoms with Crippen molar-refractivity contribution in [3.8, 4) is 0 Å². The molecule has 5 aliphatic carbocycles. The van der Waals surface area contributed by atoms with Crippen molar-refractivity contribution >= 4 is 6.09 Å². The second kappa shape index (κ2) is 13.2. The summed E-state index contributed by atoms with van der Waals surface area (Å²) in [5.74, 6) is 1.79. The van der Waals surface area contributed by atoms with Crippen molar-refractivity contribution in [2.24, 2.45) is 56.7 Å². The molecule has 1 N–H and O–H groups in total. The van der Waals surface area contributed by atoms with Gasteiger partial charge < -0.3 is 29.0 Å². The highest BCUT2D eigenvalue weighted by Gasteiger charge is 2.84. The number of ether oxygens (including phenoxy) is 4. The van der Waals surface area contributed by atoms with Gasteiger partial charge in [0.15, 0.2) is 6.29 Å². The molecule has 306 valence electrons. The predicted octanol–water partition coefficient (Wildman–Crippen LogP) is 6.66. The summed E-state index contributed by atoms with van der Waals surface area (Å²) in [4.78, 5) is 19.0. The monoisotopic (exact) mass is 762 g/mol. The van der Waals surface area contributed by atoms with Crippen molar-refractivity contribution in [1.29, 1.82) is 0 Å². The first kappa shape index (κ1) is 38.4. The number of fused-ring (bicyclic) bond motifs is 4. The number of nitrogens with zero attached hydrogens (tertiary/aromatic N) is 3. The molecule has 4 unspecified atom stereocenters. The first-order chi connectivity index (χ1) is 25.6. The van der Waals surface area contributed by atoms with Gasteiger partial charge >= 0.3 is 6.09 Å². The summed E-state index contributed by atoms with van der Waals surface area (Å²) < 4.78 is 52.2. The summed E-state index contributed by atoms with van der Waals surface area (Å²) in [5, 5.41) is 12.7. The Kier molecular flexibility index (Phi) is 9.39. The molecule has 11 heteroatoms. The van der Waals surface area contributed by atoms with E-state index in [9.17, 15) is 18.7 Å². The lowest BCUT2D eigenvalue weighted by molar-refractivity contribution is -0.253. The highest BCUT2D eigenvalue weighted by Crippen LogP contribution is 2.89. The fourth-order valence-corrected chi connectivity index (χ4v) is 15.5. The molecule has 4 saturated heterocycles. The van der Waals surface area contributed by atoms with E-state index in [2.05, 4.69) is 53.4 Å². The van der Waals surface area contributed by atoms with Crippen molar-refractivity contribution in [2.75, 3.05) is 52.4 Å². The standard InChI is InChI=1S/C43H69F2N3O6/c1-25(2)35(54-38(50)47-15-8-16-47)28-19-26(3)34-36(52-28)37(49)41(7)30-10-9-29-39(4,5)31(11-12-42(29)24-43(30,42)14-13-40(34,41)6)53-33-23-48(17-18-51-33)27-20-46(21-27)22-32(44)45/h25-37,49H,8-24H2,1-7H3/t26-,28?,29+,30?,31+,33+,34+,35-,36?,37+,40-,41-,42-,43?/m1/s1. The summed E-state index contributed by atoms with van der Waals surface area (Å²) in [6, 6.07) is 0.305. The number of hydrogen-bond acceptors (Lipinski definition) is 8. The van der Waals surface area contributed by atoms with Gasteiger partial charge in [-0.15, -0.1) is 0 Å². The Morgan fingerprint density at radius 1 is 0.963 bits per heavy atom. The van der Waals surface area contributed by atoms with Crippen LogP contribution in [-0.4, -0.2) is 128 Å². The summed E-state index contributed by atoms with van der Waals surface area (Å²) in [6.07, 6.45) is 6.02. The van der Waals surface area contributed by atoms with Crippen molar-refractivity contribution in [1.82, 2.24) is 14.7 Å². The van der Waals surface area contributed by atoms with E-state index in [4.69, 9.17) is 18.9 Å². The molecule has 9 nitrogen and oxygen atoms in total. The molecule has 5 saturated carbocycles. The molecule has 2 spiro atoms. The Balaban J connectivity index is 0.895. The van der Waals surface area contributed by atoms with Crippen LogP contribution in [0, 0.1) is 56.7 Å². The molecule has 0 bridgehead atoms. The third-order valence-corrected chi connectivity index (χ3v) is 18.4. The maximum absolute atomic E-state index is 13.0. The van der Waals surface area contributed by atoms with Crippen LogP contribution in [0.25, 0.3) is 0 Å². The Morgan fingerprint density at radius 3 is 2.37 bits per heavy atom. The van der Waals surface area contributed by atoms with Crippen molar-refractivity contribution in [2.45, 2.75) is 156 Å². The Bertz CT molecular complexity index is 1440. The minimum atomic E-state index is -2.28. The molecule has 54 heavy (non-hydrogen) atoms. The van der Waals surface area contributed by atoms with Gasteiger partial charge in [0.05, 0.1) is 37.6 Å². The zero-order chi connectivity index (χ0) is 38.2. The number of likely N-dealkylation sites (tertiary alicyclic amines) is 2. The van der Waals surface area contributed by atoms with Crippen LogP contribution in [0.5, 0.6) is 0 Å². The van der Waals surface area contributed by atoms with E-state index in [1.165, 1.54) is 19.3 Å². The molecule has 0 aromatic carbocycles. The van der Waals surface area contributed by atoms with Gasteiger partial charge in [0.1, 0.15) is 6.10 Å². The topological polar surface area (TPSA) is 83.9 Å². The van der Waals surface area contributed by atoms with E-state index in [0.717, 1.165) is 58.2 Å². The van der Waals surface area contributed by atoms with Gasteiger partial charge in [-0.05, 0) is 109 Å². The minimum Gasteiger partial charge on any atom is -0.443 e. The molecular weight excluding hydrogens is 692 g/mol. The molecular formula is C43H69F2N3O6. The third kappa shape index (κ3) is 5.42. The first-order valence-electron chi connectivity index (χ1n) is 21.9. The smallest absolute Gasteiger partial charge is 0.410 e. The Hall–Kier alpha value is -1.11. The summed E-state index contributed by atoms with van der Waals surface area (Å²) >= 11 is 0. The number of morpholine rings is 1. The van der Waals surface area contributed by atoms with Crippen LogP contribution in [0.2, 0.25) is 0 Å². The van der Waals surface area contributed by atoms with E-state index in [-0.39, 0.29) is 76.8 Å². The molecule has 0 aromatic heterocycles. The van der Waals surface area contributed by atoms with Crippen molar-refractivity contribution in [3.05, 3.63) is 0 Å². The lowest BCUT2D eigenvalue weighted by Gasteiger charge is -2.64. The molecule has 4 aliphatic heterocycles. The van der Waals surface area contributed by atoms with Crippen LogP contribution in [-0.2, 0) is 18.9 Å². The fraction of sp³-hybridized carbons (Fsp3) is 0.977. The number of rotatable bonds is 8. The fourth-order valence-electron chi connectivity index (χ4n) is 15.5. The second-order valence-corrected chi connectivity index (χ2v) is 21.2. The van der Waals surface area contributed by atoms with Crippen LogP contribution in [0.3, 0.4) is 0 Å². The van der Waals surface area contributed by atoms with Gasteiger partial charge in [0, 0.05) is 50.7 Å². The van der Waals surface area contributed by atoms with Crippen LogP contribution in [0.1, 0.15) is 106 Å². The molecule has 14 atom stereocenters. The van der Waals surface area contributed by atoms with Crippen LogP contribution < -0.4 is 0 Å². The SMILES string of the molecule is CC(C)[C@@H](OC(=O)N1CCC1)C1C[C@@H](C)[C@H]2C(O1)[C@H](O)[C@@]1(C)C3CC[C@H]4C(C)(C)[C@@H](O[C@H]5CN(C6CN(CC(F)F)C6)CCO5)CC[C@@]45CC35CC[C@]21C. The highest BCUT2D eigenvalue weighted by molar-refractivity contribution is 5.68. The van der Waals surface area contributed by atoms with Gasteiger partial charge in [0.2, 0.25) is 0 Å². The minimum absolute atomic E-state index is 0.00296. The summed E-state index contributed by atoms with van der Waals surface area (Å²) in [7, 11) is 0. The van der Waals surface area contributed by atoms with Gasteiger partial charge in [-0.25, -0.2) is 13.6 Å². The molecule has 0 aromatic rings. The molecule has 9 fully saturated rings. The van der Waals surface area contributed by atoms with E-state index < -0.39 is 12.5 Å². The molecule has 9 aliphatic rings. The highest BCUT2D eigenvalue weighted by atomic mass is 19.3. The number of halogens is 2. The first-order valence-corrected chi connectivity index (χ1v) is 21.9. The molecule has 4 heterocycles. The van der Waals surface area contributed by atoms with Crippen LogP contribution in [0.15, 0.2) is 0 Å². The number of carbonyl (C=O) groups excluding carboxylic acids is 1. The van der Waals surface area contributed by atoms with E-state index in [1.807, 2.05) is 4.90 Å². The van der Waals surface area contributed by atoms with Crippen molar-refractivity contribution in [3.63, 3.8) is 0 Å². The Morgan fingerprint density at radius 2 is 1.69 bits per heavy atom. The zero-order valence-corrected chi connectivity index (χ0v) is 34.1. The third-order valence-electron chi connectivity index (χ3n) is 18.4. The van der Waals surface area contributed by atoms with Gasteiger partial charge in [-0.1, -0.05) is 48.5 Å². The van der Waals surface area contributed by atoms with Crippen molar-refractivity contribution < 1.29 is 37.6 Å². The van der Waals surface area contributed by atoms with E-state index in [1.54, 1.807) is 4.90 Å². The normalized spacial score (nSPS) is 49.2. The van der Waals surface area contributed by atoms with Gasteiger partial charge in [-0.3, -0.25) is 9.80 Å². The number of aliphatic hydroxyl groups is 1. The number of hydrogen-bond donors (Lipinski definition) is 1. The average Bonchev–Trinajstić information content (AvgIpc) is 3.70. The predicted molar refractivity (Wildman–Crippen MR) is 200 cm³/mol. The second-order valence-electron chi connectivity index (χ2n) is 21.2. The Labute approximate surface area is 322 Å². The van der Waals surface area contributed by atoms with Gasteiger partial charge in [-0.2, -0.15) is 0 Å². The lowest BCUT2D eigenvalue weighted by atomic mass is 9.41. The molecule has 0 radical (unpaired) electrons. The molecule has 9 rings (SSSR count).